The van der Waals surface area contributed by atoms with E-state index in [1.54, 1.807) is 18.7 Å². The van der Waals surface area contributed by atoms with Gasteiger partial charge in [-0.15, -0.1) is 0 Å². The fourth-order valence-corrected chi connectivity index (χ4v) is 4.13. The molecule has 0 amide bonds. The van der Waals surface area contributed by atoms with Gasteiger partial charge in [-0.25, -0.2) is 4.79 Å². The molecule has 0 spiro atoms. The number of hydrogen-bond acceptors (Lipinski definition) is 5. The zero-order chi connectivity index (χ0) is 16.8. The van der Waals surface area contributed by atoms with Crippen molar-refractivity contribution in [1.82, 2.24) is 24.0 Å². The number of H-pyrrole nitrogens is 1. The molecule has 0 unspecified atom stereocenters. The number of rotatable bonds is 3. The number of imidazole rings is 1. The second-order valence-electron chi connectivity index (χ2n) is 7.05. The predicted octanol–water partition coefficient (Wildman–Crippen LogP) is 0.389. The highest BCUT2D eigenvalue weighted by atomic mass is 16.2. The Morgan fingerprint density at radius 1 is 1.12 bits per heavy atom. The second kappa shape index (κ2) is 5.77. The van der Waals surface area contributed by atoms with Crippen LogP contribution in [-0.2, 0) is 14.1 Å². The predicted molar refractivity (Wildman–Crippen MR) is 92.4 cm³/mol. The van der Waals surface area contributed by atoms with Crippen molar-refractivity contribution in [3.05, 3.63) is 20.8 Å². The van der Waals surface area contributed by atoms with Crippen LogP contribution in [0.3, 0.4) is 0 Å². The van der Waals surface area contributed by atoms with Crippen LogP contribution in [-0.4, -0.2) is 49.2 Å². The highest BCUT2D eigenvalue weighted by molar-refractivity contribution is 5.73. The molecule has 2 fully saturated rings. The van der Waals surface area contributed by atoms with E-state index in [1.165, 1.54) is 30.3 Å². The van der Waals surface area contributed by atoms with Gasteiger partial charge in [-0.3, -0.25) is 19.2 Å². The van der Waals surface area contributed by atoms with Crippen LogP contribution in [0.2, 0.25) is 0 Å². The number of anilines is 1. The number of aryl methyl sites for hydroxylation is 2. The Morgan fingerprint density at radius 3 is 2.62 bits per heavy atom. The monoisotopic (exact) mass is 332 g/mol. The molecule has 2 aromatic heterocycles. The van der Waals surface area contributed by atoms with Crippen LogP contribution in [0.15, 0.2) is 9.59 Å². The van der Waals surface area contributed by atoms with Crippen LogP contribution in [0.25, 0.3) is 11.2 Å². The molecule has 2 aliphatic rings. The van der Waals surface area contributed by atoms with Gasteiger partial charge in [0.15, 0.2) is 11.2 Å². The van der Waals surface area contributed by atoms with Crippen molar-refractivity contribution < 1.29 is 0 Å². The van der Waals surface area contributed by atoms with Crippen LogP contribution in [0, 0.1) is 0 Å². The summed E-state index contributed by atoms with van der Waals surface area (Å²) >= 11 is 0. The third kappa shape index (κ3) is 2.45. The molecular weight excluding hydrogens is 308 g/mol. The lowest BCUT2D eigenvalue weighted by Crippen LogP contribution is -2.33. The first-order valence-corrected chi connectivity index (χ1v) is 8.71. The number of aromatic nitrogens is 4. The van der Waals surface area contributed by atoms with Crippen molar-refractivity contribution in [3.63, 3.8) is 0 Å². The smallest absolute Gasteiger partial charge is 0.329 e. The van der Waals surface area contributed by atoms with Gasteiger partial charge in [0.1, 0.15) is 0 Å². The minimum atomic E-state index is -0.439. The maximum atomic E-state index is 12.1. The van der Waals surface area contributed by atoms with Crippen molar-refractivity contribution in [2.75, 3.05) is 18.4 Å². The number of likely N-dealkylation sites (tertiary alicyclic amines) is 1. The third-order valence-electron chi connectivity index (χ3n) is 5.53. The molecular formula is C16H24N6O2. The molecule has 0 bridgehead atoms. The Balaban J connectivity index is 1.58. The minimum Gasteiger partial charge on any atom is -0.352 e. The van der Waals surface area contributed by atoms with Gasteiger partial charge >= 0.3 is 5.69 Å². The van der Waals surface area contributed by atoms with Crippen molar-refractivity contribution >= 4 is 17.1 Å². The van der Waals surface area contributed by atoms with E-state index in [9.17, 15) is 9.59 Å². The van der Waals surface area contributed by atoms with E-state index < -0.39 is 11.2 Å². The van der Waals surface area contributed by atoms with Gasteiger partial charge in [-0.05, 0) is 19.3 Å². The molecule has 2 N–H and O–H groups in total. The zero-order valence-corrected chi connectivity index (χ0v) is 14.2. The van der Waals surface area contributed by atoms with Gasteiger partial charge in [0.2, 0.25) is 5.95 Å². The van der Waals surface area contributed by atoms with E-state index in [4.69, 9.17) is 0 Å². The lowest BCUT2D eigenvalue weighted by molar-refractivity contribution is 0.245. The van der Waals surface area contributed by atoms with Crippen LogP contribution in [0.4, 0.5) is 5.95 Å². The Kier molecular flexibility index (Phi) is 3.71. The third-order valence-corrected chi connectivity index (χ3v) is 5.53. The van der Waals surface area contributed by atoms with E-state index in [0.717, 1.165) is 25.6 Å². The van der Waals surface area contributed by atoms with E-state index in [1.807, 2.05) is 0 Å². The molecule has 1 aliphatic carbocycles. The maximum Gasteiger partial charge on any atom is 0.329 e. The number of hydrogen-bond donors (Lipinski definition) is 2. The number of nitrogens with zero attached hydrogens (tertiary/aromatic N) is 4. The molecule has 8 nitrogen and oxygen atoms in total. The zero-order valence-electron chi connectivity index (χ0n) is 14.2. The molecule has 8 heteroatoms. The number of nitrogens with one attached hydrogen (secondary N) is 2. The summed E-state index contributed by atoms with van der Waals surface area (Å²) in [5.74, 6) is 0.648. The SMILES string of the molecule is Cn1c(N[C@@H]2CCN(C3CCCC3)C2)nc2c1c(=O)[nH]c(=O)n2C. The highest BCUT2D eigenvalue weighted by Gasteiger charge is 2.30. The van der Waals surface area contributed by atoms with E-state index in [0.29, 0.717) is 23.2 Å². The molecule has 1 atom stereocenters. The average Bonchev–Trinajstić information content (AvgIpc) is 3.26. The Labute approximate surface area is 139 Å². The molecule has 1 aliphatic heterocycles. The van der Waals surface area contributed by atoms with Gasteiger partial charge in [-0.2, -0.15) is 4.98 Å². The maximum absolute atomic E-state index is 12.1. The molecule has 1 saturated heterocycles. The van der Waals surface area contributed by atoms with Crippen LogP contribution in [0.1, 0.15) is 32.1 Å². The summed E-state index contributed by atoms with van der Waals surface area (Å²) in [5, 5.41) is 3.47. The van der Waals surface area contributed by atoms with Gasteiger partial charge < -0.3 is 9.88 Å². The summed E-state index contributed by atoms with van der Waals surface area (Å²) in [6.07, 6.45) is 6.41. The van der Waals surface area contributed by atoms with Crippen LogP contribution in [0.5, 0.6) is 0 Å². The minimum absolute atomic E-state index is 0.331. The van der Waals surface area contributed by atoms with Crippen molar-refractivity contribution in [2.45, 2.75) is 44.2 Å². The Morgan fingerprint density at radius 2 is 1.88 bits per heavy atom. The molecule has 0 aromatic carbocycles. The highest BCUT2D eigenvalue weighted by Crippen LogP contribution is 2.27. The molecule has 130 valence electrons. The standard InChI is InChI=1S/C16H24N6O2/c1-20-12-13(21(2)16(24)19-14(12)23)18-15(20)17-10-7-8-22(9-10)11-5-3-4-6-11/h10-11H,3-9H2,1-2H3,(H,17,18)(H,19,23,24)/t10-/m1/s1. The molecule has 3 heterocycles. The summed E-state index contributed by atoms with van der Waals surface area (Å²) in [6, 6.07) is 1.07. The summed E-state index contributed by atoms with van der Waals surface area (Å²) < 4.78 is 3.12. The van der Waals surface area contributed by atoms with Gasteiger partial charge in [0.25, 0.3) is 5.56 Å². The lowest BCUT2D eigenvalue weighted by atomic mass is 10.2. The van der Waals surface area contributed by atoms with Crippen molar-refractivity contribution in [3.8, 4) is 0 Å². The Hall–Kier alpha value is -2.09. The van der Waals surface area contributed by atoms with Crippen LogP contribution < -0.4 is 16.6 Å². The molecule has 4 rings (SSSR count). The van der Waals surface area contributed by atoms with Gasteiger partial charge in [0.05, 0.1) is 0 Å². The van der Waals surface area contributed by atoms with E-state index in [-0.39, 0.29) is 0 Å². The largest absolute Gasteiger partial charge is 0.352 e. The first-order valence-electron chi connectivity index (χ1n) is 8.71. The summed E-state index contributed by atoms with van der Waals surface area (Å²) in [6.45, 7) is 2.13. The fourth-order valence-electron chi connectivity index (χ4n) is 4.13. The summed E-state index contributed by atoms with van der Waals surface area (Å²) in [7, 11) is 3.43. The topological polar surface area (TPSA) is 88.0 Å². The molecule has 2 aromatic rings. The van der Waals surface area contributed by atoms with Crippen LogP contribution >= 0.6 is 0 Å². The Bertz CT molecular complexity index is 873. The molecule has 1 saturated carbocycles. The average molecular weight is 332 g/mol. The first kappa shape index (κ1) is 15.4. The number of aromatic amines is 1. The second-order valence-corrected chi connectivity index (χ2v) is 7.05. The molecule has 0 radical (unpaired) electrons. The normalized spacial score (nSPS) is 22.7. The fraction of sp³-hybridized carbons (Fsp3) is 0.688. The lowest BCUT2D eigenvalue weighted by Gasteiger charge is -2.23. The summed E-state index contributed by atoms with van der Waals surface area (Å²) in [4.78, 5) is 33.2. The number of fused-ring (bicyclic) bond motifs is 1. The van der Waals surface area contributed by atoms with Crippen molar-refractivity contribution in [2.24, 2.45) is 14.1 Å². The van der Waals surface area contributed by atoms with Crippen molar-refractivity contribution in [1.29, 1.82) is 0 Å². The van der Waals surface area contributed by atoms with E-state index in [2.05, 4.69) is 20.2 Å². The van der Waals surface area contributed by atoms with Gasteiger partial charge in [-0.1, -0.05) is 12.8 Å². The first-order chi connectivity index (χ1) is 11.5. The summed E-state index contributed by atoms with van der Waals surface area (Å²) in [5.41, 5.74) is 0.00483. The molecule has 24 heavy (non-hydrogen) atoms. The van der Waals surface area contributed by atoms with E-state index >= 15 is 0 Å². The van der Waals surface area contributed by atoms with Gasteiger partial charge in [0, 0.05) is 39.3 Å². The quantitative estimate of drug-likeness (QED) is 0.849.